The summed E-state index contributed by atoms with van der Waals surface area (Å²) < 4.78 is 26.6. The van der Waals surface area contributed by atoms with Gasteiger partial charge in [-0.3, -0.25) is 0 Å². The molecule has 0 amide bonds. The van der Waals surface area contributed by atoms with Crippen molar-refractivity contribution < 1.29 is 8.78 Å². The molecule has 1 aliphatic carbocycles. The summed E-state index contributed by atoms with van der Waals surface area (Å²) in [6.07, 6.45) is 5.78. The van der Waals surface area contributed by atoms with E-state index in [0.29, 0.717) is 12.0 Å². The standard InChI is InChI=1S/C16H18ClF2N5/c1-24(13-5-3-2-4-6-13)16-22-14(17)21-15(23-16)20-12-8-10(18)7-11(19)9-12/h7-9,13H,2-6H2,1H3,(H,20,21,22,23). The highest BCUT2D eigenvalue weighted by atomic mass is 35.5. The van der Waals surface area contributed by atoms with Crippen molar-refractivity contribution in [2.75, 3.05) is 17.3 Å². The predicted molar refractivity (Wildman–Crippen MR) is 89.8 cm³/mol. The Bertz CT molecular complexity index is 701. The fourth-order valence-electron chi connectivity index (χ4n) is 2.94. The van der Waals surface area contributed by atoms with Gasteiger partial charge in [0.25, 0.3) is 0 Å². The molecule has 0 unspecified atom stereocenters. The first-order valence-corrected chi connectivity index (χ1v) is 8.26. The molecule has 1 aromatic carbocycles. The summed E-state index contributed by atoms with van der Waals surface area (Å²) in [4.78, 5) is 14.5. The number of rotatable bonds is 4. The lowest BCUT2D eigenvalue weighted by molar-refractivity contribution is 0.424. The summed E-state index contributed by atoms with van der Waals surface area (Å²) in [7, 11) is 1.92. The number of benzene rings is 1. The van der Waals surface area contributed by atoms with Crippen molar-refractivity contribution >= 4 is 29.2 Å². The first-order valence-electron chi connectivity index (χ1n) is 7.89. The van der Waals surface area contributed by atoms with Crippen LogP contribution in [0.3, 0.4) is 0 Å². The zero-order valence-corrected chi connectivity index (χ0v) is 14.0. The zero-order valence-electron chi connectivity index (χ0n) is 13.3. The van der Waals surface area contributed by atoms with Gasteiger partial charge in [-0.25, -0.2) is 8.78 Å². The van der Waals surface area contributed by atoms with Crippen molar-refractivity contribution in [2.24, 2.45) is 0 Å². The van der Waals surface area contributed by atoms with E-state index in [2.05, 4.69) is 20.3 Å². The Morgan fingerprint density at radius 3 is 2.38 bits per heavy atom. The first kappa shape index (κ1) is 16.8. The van der Waals surface area contributed by atoms with E-state index >= 15 is 0 Å². The minimum Gasteiger partial charge on any atom is -0.341 e. The second-order valence-corrected chi connectivity index (χ2v) is 6.25. The average molecular weight is 354 g/mol. The maximum atomic E-state index is 13.3. The van der Waals surface area contributed by atoms with Gasteiger partial charge in [0.05, 0.1) is 0 Å². The van der Waals surface area contributed by atoms with Crippen LogP contribution < -0.4 is 10.2 Å². The molecule has 8 heteroatoms. The van der Waals surface area contributed by atoms with Crippen molar-refractivity contribution in [3.63, 3.8) is 0 Å². The van der Waals surface area contributed by atoms with Crippen molar-refractivity contribution in [1.29, 1.82) is 0 Å². The monoisotopic (exact) mass is 353 g/mol. The molecule has 0 spiro atoms. The molecule has 1 heterocycles. The lowest BCUT2D eigenvalue weighted by Crippen LogP contribution is -2.34. The normalized spacial score (nSPS) is 15.3. The average Bonchev–Trinajstić information content (AvgIpc) is 2.53. The minimum atomic E-state index is -0.683. The first-order chi connectivity index (χ1) is 11.5. The van der Waals surface area contributed by atoms with E-state index in [9.17, 15) is 8.78 Å². The van der Waals surface area contributed by atoms with Crippen LogP contribution >= 0.6 is 11.6 Å². The largest absolute Gasteiger partial charge is 0.341 e. The second-order valence-electron chi connectivity index (χ2n) is 5.91. The van der Waals surface area contributed by atoms with E-state index in [1.165, 1.54) is 19.3 Å². The van der Waals surface area contributed by atoms with Crippen LogP contribution in [0.15, 0.2) is 18.2 Å². The summed E-state index contributed by atoms with van der Waals surface area (Å²) in [6, 6.07) is 3.47. The van der Waals surface area contributed by atoms with Crippen molar-refractivity contribution in [1.82, 2.24) is 15.0 Å². The maximum Gasteiger partial charge on any atom is 0.233 e. The number of aromatic nitrogens is 3. The smallest absolute Gasteiger partial charge is 0.233 e. The van der Waals surface area contributed by atoms with Crippen LogP contribution in [0.4, 0.5) is 26.4 Å². The molecule has 1 saturated carbocycles. The molecule has 1 N–H and O–H groups in total. The van der Waals surface area contributed by atoms with Gasteiger partial charge >= 0.3 is 0 Å². The molecule has 0 saturated heterocycles. The van der Waals surface area contributed by atoms with Crippen molar-refractivity contribution in [3.8, 4) is 0 Å². The number of hydrogen-bond donors (Lipinski definition) is 1. The molecule has 1 aliphatic rings. The Morgan fingerprint density at radius 2 is 1.71 bits per heavy atom. The third kappa shape index (κ3) is 4.08. The Kier molecular flexibility index (Phi) is 5.08. The van der Waals surface area contributed by atoms with Crippen LogP contribution in [0.1, 0.15) is 32.1 Å². The highest BCUT2D eigenvalue weighted by Gasteiger charge is 2.21. The molecule has 0 aliphatic heterocycles. The van der Waals surface area contributed by atoms with Gasteiger partial charge in [-0.05, 0) is 36.6 Å². The van der Waals surface area contributed by atoms with Gasteiger partial charge in [-0.15, -0.1) is 0 Å². The number of nitrogens with one attached hydrogen (secondary N) is 1. The van der Waals surface area contributed by atoms with Crippen LogP contribution in [0, 0.1) is 11.6 Å². The SMILES string of the molecule is CN(c1nc(Cl)nc(Nc2cc(F)cc(F)c2)n1)C1CCCCC1. The van der Waals surface area contributed by atoms with Crippen LogP contribution in [-0.4, -0.2) is 28.0 Å². The number of nitrogens with zero attached hydrogens (tertiary/aromatic N) is 4. The van der Waals surface area contributed by atoms with Gasteiger partial charge in [0, 0.05) is 24.8 Å². The molecule has 0 bridgehead atoms. The van der Waals surface area contributed by atoms with Crippen molar-refractivity contribution in [3.05, 3.63) is 35.1 Å². The fourth-order valence-corrected chi connectivity index (χ4v) is 3.10. The Labute approximate surface area is 144 Å². The summed E-state index contributed by atoms with van der Waals surface area (Å²) in [5.74, 6) is -0.770. The summed E-state index contributed by atoms with van der Waals surface area (Å²) >= 11 is 5.98. The lowest BCUT2D eigenvalue weighted by Gasteiger charge is -2.31. The van der Waals surface area contributed by atoms with E-state index < -0.39 is 11.6 Å². The lowest BCUT2D eigenvalue weighted by atomic mass is 9.95. The zero-order chi connectivity index (χ0) is 17.1. The molecule has 1 aromatic heterocycles. The maximum absolute atomic E-state index is 13.3. The number of anilines is 3. The third-order valence-corrected chi connectivity index (χ3v) is 4.32. The molecular formula is C16H18ClF2N5. The molecular weight excluding hydrogens is 336 g/mol. The molecule has 0 radical (unpaired) electrons. The predicted octanol–water partition coefficient (Wildman–Crippen LogP) is 4.32. The highest BCUT2D eigenvalue weighted by molar-refractivity contribution is 6.28. The fraction of sp³-hybridized carbons (Fsp3) is 0.438. The molecule has 128 valence electrons. The molecule has 0 atom stereocenters. The van der Waals surface area contributed by atoms with Gasteiger partial charge in [0.1, 0.15) is 11.6 Å². The second kappa shape index (κ2) is 7.25. The summed E-state index contributed by atoms with van der Waals surface area (Å²) in [5.41, 5.74) is 0.209. The van der Waals surface area contributed by atoms with Gasteiger partial charge in [-0.1, -0.05) is 19.3 Å². The molecule has 2 aromatic rings. The van der Waals surface area contributed by atoms with Gasteiger partial charge in [0.2, 0.25) is 17.2 Å². The Hall–Kier alpha value is -2.02. The van der Waals surface area contributed by atoms with Gasteiger partial charge in [0.15, 0.2) is 0 Å². The molecule has 1 fully saturated rings. The quantitative estimate of drug-likeness (QED) is 0.887. The molecule has 5 nitrogen and oxygen atoms in total. The van der Waals surface area contributed by atoms with Crippen LogP contribution in [0.5, 0.6) is 0 Å². The van der Waals surface area contributed by atoms with Crippen LogP contribution in [-0.2, 0) is 0 Å². The topological polar surface area (TPSA) is 53.9 Å². The van der Waals surface area contributed by atoms with E-state index in [1.807, 2.05) is 11.9 Å². The summed E-state index contributed by atoms with van der Waals surface area (Å²) in [6.45, 7) is 0. The van der Waals surface area contributed by atoms with Crippen LogP contribution in [0.25, 0.3) is 0 Å². The van der Waals surface area contributed by atoms with E-state index in [1.54, 1.807) is 0 Å². The van der Waals surface area contributed by atoms with E-state index in [-0.39, 0.29) is 16.9 Å². The minimum absolute atomic E-state index is 0.0297. The summed E-state index contributed by atoms with van der Waals surface area (Å²) in [5, 5.41) is 2.80. The molecule has 3 rings (SSSR count). The van der Waals surface area contributed by atoms with Gasteiger partial charge < -0.3 is 10.2 Å². The number of hydrogen-bond acceptors (Lipinski definition) is 5. The Balaban J connectivity index is 1.82. The molecule has 24 heavy (non-hydrogen) atoms. The van der Waals surface area contributed by atoms with Crippen LogP contribution in [0.2, 0.25) is 5.28 Å². The third-order valence-electron chi connectivity index (χ3n) is 4.15. The van der Waals surface area contributed by atoms with Gasteiger partial charge in [-0.2, -0.15) is 15.0 Å². The van der Waals surface area contributed by atoms with E-state index in [0.717, 1.165) is 31.0 Å². The Morgan fingerprint density at radius 1 is 1.04 bits per heavy atom. The van der Waals surface area contributed by atoms with Crippen molar-refractivity contribution in [2.45, 2.75) is 38.1 Å². The van der Waals surface area contributed by atoms with E-state index in [4.69, 9.17) is 11.6 Å². The highest BCUT2D eigenvalue weighted by Crippen LogP contribution is 2.26. The number of halogens is 3.